The number of ether oxygens (including phenoxy) is 1. The van der Waals surface area contributed by atoms with Crippen molar-refractivity contribution in [3.05, 3.63) is 102 Å². The summed E-state index contributed by atoms with van der Waals surface area (Å²) in [5, 5.41) is 14.8. The number of carboxylic acid groups (broad SMARTS) is 1. The third-order valence-corrected chi connectivity index (χ3v) is 11.4. The molecular formula is C35H38F4N4O7S. The predicted octanol–water partition coefficient (Wildman–Crippen LogP) is 5.18. The lowest BCUT2D eigenvalue weighted by Crippen LogP contribution is -2.56. The Bertz CT molecular complexity index is 1760. The molecule has 2 fully saturated rings. The van der Waals surface area contributed by atoms with Gasteiger partial charge in [-0.25, -0.2) is 35.6 Å². The number of carbonyl (C=O) groups is 3. The van der Waals surface area contributed by atoms with Gasteiger partial charge in [0, 0.05) is 50.5 Å². The molecule has 4 unspecified atom stereocenters. The number of sulfonamides is 1. The van der Waals surface area contributed by atoms with Crippen molar-refractivity contribution >= 4 is 28.1 Å². The lowest BCUT2D eigenvalue weighted by molar-refractivity contribution is -0.124. The Morgan fingerprint density at radius 3 is 2.04 bits per heavy atom. The highest BCUT2D eigenvalue weighted by atomic mass is 32.2. The third kappa shape index (κ3) is 8.97. The van der Waals surface area contributed by atoms with Gasteiger partial charge in [0.15, 0.2) is 0 Å². The molecule has 11 nitrogen and oxygen atoms in total. The second kappa shape index (κ2) is 15.7. The maximum atomic E-state index is 15.0. The Kier molecular flexibility index (Phi) is 11.5. The summed E-state index contributed by atoms with van der Waals surface area (Å²) >= 11 is 0. The molecule has 3 aromatic carbocycles. The van der Waals surface area contributed by atoms with Crippen LogP contribution in [0, 0.1) is 17.6 Å². The van der Waals surface area contributed by atoms with Crippen molar-refractivity contribution < 1.29 is 50.2 Å². The SMILES string of the molecule is COC(=O)NC(C(=O)NC1CC(F)(F)CC1CCC1CN(C(=O)O)CCN1S(=O)(=O)c1ccccc1)C(c1ccc(F)cc1)c1ccc(F)cc1. The highest BCUT2D eigenvalue weighted by Gasteiger charge is 2.48. The number of hydrogen-bond donors (Lipinski definition) is 3. The fourth-order valence-electron chi connectivity index (χ4n) is 6.94. The fourth-order valence-corrected chi connectivity index (χ4v) is 8.60. The fraction of sp³-hybridized carbons (Fsp3) is 0.400. The van der Waals surface area contributed by atoms with Crippen LogP contribution in [0.3, 0.4) is 0 Å². The van der Waals surface area contributed by atoms with E-state index in [1.807, 2.05) is 0 Å². The maximum absolute atomic E-state index is 15.0. The van der Waals surface area contributed by atoms with Crippen molar-refractivity contribution in [2.75, 3.05) is 26.7 Å². The summed E-state index contributed by atoms with van der Waals surface area (Å²) < 4.78 is 91.0. The first-order chi connectivity index (χ1) is 24.2. The van der Waals surface area contributed by atoms with Gasteiger partial charge in [0.05, 0.1) is 12.0 Å². The lowest BCUT2D eigenvalue weighted by atomic mass is 9.84. The number of piperazine rings is 1. The Labute approximate surface area is 292 Å². The lowest BCUT2D eigenvalue weighted by Gasteiger charge is -2.40. The van der Waals surface area contributed by atoms with Gasteiger partial charge < -0.3 is 25.4 Å². The zero-order chi connectivity index (χ0) is 36.9. The second-order valence-electron chi connectivity index (χ2n) is 12.7. The molecule has 274 valence electrons. The van der Waals surface area contributed by atoms with Gasteiger partial charge in [-0.15, -0.1) is 0 Å². The quantitative estimate of drug-likeness (QED) is 0.230. The summed E-state index contributed by atoms with van der Waals surface area (Å²) in [4.78, 5) is 39.5. The standard InChI is InChI=1S/C35H38F4N4O7S/c1-50-33(45)41-31(30(22-7-12-25(36)13-8-22)23-9-14-26(37)15-10-23)32(44)40-29-20-35(38,39)19-24(29)11-16-27-21-42(34(46)47)17-18-43(27)51(48,49)28-5-3-2-4-6-28/h2-10,12-15,24,27,29-31H,11,16-21H2,1H3,(H,40,44)(H,41,45)(H,46,47). The number of carbonyl (C=O) groups excluding carboxylic acids is 2. The molecule has 0 bridgehead atoms. The van der Waals surface area contributed by atoms with E-state index in [1.54, 1.807) is 18.2 Å². The monoisotopic (exact) mass is 734 g/mol. The van der Waals surface area contributed by atoms with Crippen molar-refractivity contribution in [2.24, 2.45) is 5.92 Å². The zero-order valence-electron chi connectivity index (χ0n) is 27.6. The first-order valence-electron chi connectivity index (χ1n) is 16.3. The molecule has 51 heavy (non-hydrogen) atoms. The molecule has 0 radical (unpaired) electrons. The third-order valence-electron chi connectivity index (χ3n) is 9.43. The van der Waals surface area contributed by atoms with Crippen LogP contribution < -0.4 is 10.6 Å². The highest BCUT2D eigenvalue weighted by molar-refractivity contribution is 7.89. The molecule has 0 aromatic heterocycles. The van der Waals surface area contributed by atoms with Crippen LogP contribution in [-0.2, 0) is 19.6 Å². The minimum absolute atomic E-state index is 0.00786. The topological polar surface area (TPSA) is 145 Å². The summed E-state index contributed by atoms with van der Waals surface area (Å²) in [5.74, 6) is -7.11. The van der Waals surface area contributed by atoms with Crippen molar-refractivity contribution in [1.82, 2.24) is 19.8 Å². The molecule has 2 aliphatic rings. The van der Waals surface area contributed by atoms with Gasteiger partial charge in [0.25, 0.3) is 5.92 Å². The number of benzene rings is 3. The molecule has 1 saturated carbocycles. The summed E-state index contributed by atoms with van der Waals surface area (Å²) in [7, 11) is -2.99. The number of halogens is 4. The number of amides is 3. The number of nitrogens with zero attached hydrogens (tertiary/aromatic N) is 2. The van der Waals surface area contributed by atoms with E-state index in [1.165, 1.54) is 40.7 Å². The van der Waals surface area contributed by atoms with Crippen LogP contribution in [0.5, 0.6) is 0 Å². The molecule has 4 atom stereocenters. The van der Waals surface area contributed by atoms with E-state index in [0.717, 1.165) is 36.3 Å². The Morgan fingerprint density at radius 2 is 1.49 bits per heavy atom. The molecule has 1 heterocycles. The molecule has 16 heteroatoms. The van der Waals surface area contributed by atoms with Crippen molar-refractivity contribution in [1.29, 1.82) is 0 Å². The summed E-state index contributed by atoms with van der Waals surface area (Å²) in [6, 6.07) is 14.2. The van der Waals surface area contributed by atoms with Crippen LogP contribution in [0.15, 0.2) is 83.8 Å². The van der Waals surface area contributed by atoms with E-state index in [-0.39, 0.29) is 37.4 Å². The van der Waals surface area contributed by atoms with Gasteiger partial charge in [0.2, 0.25) is 15.9 Å². The van der Waals surface area contributed by atoms with Gasteiger partial charge in [-0.1, -0.05) is 42.5 Å². The highest BCUT2D eigenvalue weighted by Crippen LogP contribution is 2.42. The number of methoxy groups -OCH3 is 1. The van der Waals surface area contributed by atoms with Crippen LogP contribution in [0.1, 0.15) is 42.7 Å². The van der Waals surface area contributed by atoms with E-state index in [4.69, 9.17) is 4.74 Å². The van der Waals surface area contributed by atoms with Crippen LogP contribution >= 0.6 is 0 Å². The van der Waals surface area contributed by atoms with Crippen LogP contribution in [-0.4, -0.2) is 91.6 Å². The largest absolute Gasteiger partial charge is 0.465 e. The predicted molar refractivity (Wildman–Crippen MR) is 177 cm³/mol. The normalized spacial score (nSPS) is 21.2. The Balaban J connectivity index is 1.41. The number of alkyl carbamates (subject to hydrolysis) is 1. The molecule has 3 amide bonds. The number of rotatable bonds is 11. The molecule has 5 rings (SSSR count). The Morgan fingerprint density at radius 1 is 0.902 bits per heavy atom. The summed E-state index contributed by atoms with van der Waals surface area (Å²) in [6.07, 6.45) is -3.61. The van der Waals surface area contributed by atoms with E-state index in [0.29, 0.717) is 11.1 Å². The average molecular weight is 735 g/mol. The Hall–Kier alpha value is -4.70. The van der Waals surface area contributed by atoms with Crippen LogP contribution in [0.2, 0.25) is 0 Å². The molecule has 3 N–H and O–H groups in total. The van der Waals surface area contributed by atoms with Crippen LogP contribution in [0.4, 0.5) is 27.2 Å². The minimum Gasteiger partial charge on any atom is -0.465 e. The van der Waals surface area contributed by atoms with E-state index in [9.17, 15) is 36.7 Å². The van der Waals surface area contributed by atoms with Gasteiger partial charge in [-0.3, -0.25) is 4.79 Å². The molecule has 3 aromatic rings. The van der Waals surface area contributed by atoms with Gasteiger partial charge in [-0.05, 0) is 66.3 Å². The summed E-state index contributed by atoms with van der Waals surface area (Å²) in [5.41, 5.74) is 0.709. The van der Waals surface area contributed by atoms with E-state index in [2.05, 4.69) is 10.6 Å². The molecular weight excluding hydrogens is 696 g/mol. The van der Waals surface area contributed by atoms with Gasteiger partial charge in [0.1, 0.15) is 17.7 Å². The number of hydrogen-bond acceptors (Lipinski definition) is 6. The van der Waals surface area contributed by atoms with E-state index < -0.39 is 88.5 Å². The zero-order valence-corrected chi connectivity index (χ0v) is 28.4. The van der Waals surface area contributed by atoms with Crippen LogP contribution in [0.25, 0.3) is 0 Å². The maximum Gasteiger partial charge on any atom is 0.407 e. The first-order valence-corrected chi connectivity index (χ1v) is 17.7. The minimum atomic E-state index is -4.06. The van der Waals surface area contributed by atoms with Gasteiger partial charge >= 0.3 is 12.2 Å². The molecule has 0 spiro atoms. The second-order valence-corrected chi connectivity index (χ2v) is 14.6. The number of nitrogens with one attached hydrogen (secondary N) is 2. The van der Waals surface area contributed by atoms with Crippen molar-refractivity contribution in [2.45, 2.75) is 60.5 Å². The first kappa shape index (κ1) is 37.6. The average Bonchev–Trinajstić information content (AvgIpc) is 3.40. The number of alkyl halides is 2. The molecule has 1 saturated heterocycles. The van der Waals surface area contributed by atoms with Crippen molar-refractivity contribution in [3.63, 3.8) is 0 Å². The van der Waals surface area contributed by atoms with Gasteiger partial charge in [-0.2, -0.15) is 4.31 Å². The summed E-state index contributed by atoms with van der Waals surface area (Å²) in [6.45, 7) is -0.385. The molecule has 1 aliphatic heterocycles. The van der Waals surface area contributed by atoms with Crippen molar-refractivity contribution in [3.8, 4) is 0 Å². The smallest absolute Gasteiger partial charge is 0.407 e. The van der Waals surface area contributed by atoms with E-state index >= 15 is 8.78 Å². The molecule has 1 aliphatic carbocycles.